The Hall–Kier alpha value is -6.29. The Morgan fingerprint density at radius 1 is 0.689 bits per heavy atom. The number of hydrazone groups is 1. The summed E-state index contributed by atoms with van der Waals surface area (Å²) in [6.07, 6.45) is 4.54. The molecule has 7 nitrogen and oxygen atoms in total. The van der Waals surface area contributed by atoms with Gasteiger partial charge in [-0.3, -0.25) is 19.5 Å². The van der Waals surface area contributed by atoms with Gasteiger partial charge in [-0.25, -0.2) is 0 Å². The summed E-state index contributed by atoms with van der Waals surface area (Å²) in [5.74, 6) is -1.49. The van der Waals surface area contributed by atoms with Crippen molar-refractivity contribution in [2.24, 2.45) is 5.10 Å². The zero-order chi connectivity index (χ0) is 42.6. The lowest BCUT2D eigenvalue weighted by atomic mass is 9.82. The second-order valence-electron chi connectivity index (χ2n) is 16.8. The molecule has 1 aliphatic heterocycles. The zero-order valence-electron chi connectivity index (χ0n) is 34.8. The fourth-order valence-corrected chi connectivity index (χ4v) is 10.3. The van der Waals surface area contributed by atoms with Gasteiger partial charge in [0.1, 0.15) is 10.9 Å². The second kappa shape index (κ2) is 15.6. The van der Waals surface area contributed by atoms with Crippen molar-refractivity contribution in [1.29, 1.82) is 0 Å². The quantitative estimate of drug-likeness (QED) is 0.0603. The van der Waals surface area contributed by atoms with Crippen LogP contribution in [0.25, 0.3) is 28.3 Å². The Balaban J connectivity index is 1.02. The van der Waals surface area contributed by atoms with Gasteiger partial charge in [0.15, 0.2) is 0 Å². The van der Waals surface area contributed by atoms with E-state index in [9.17, 15) is 14.7 Å². The van der Waals surface area contributed by atoms with E-state index in [4.69, 9.17) is 17.3 Å². The van der Waals surface area contributed by atoms with E-state index in [1.165, 1.54) is 44.5 Å². The van der Waals surface area contributed by atoms with Crippen LogP contribution in [0, 0.1) is 0 Å². The first-order valence-corrected chi connectivity index (χ1v) is 21.9. The molecular weight excluding hydrogens is 793 g/mol. The number of carboxylic acids is 1. The highest BCUT2D eigenvalue weighted by Gasteiger charge is 2.38. The average Bonchev–Trinajstić information content (AvgIpc) is 3.75. The van der Waals surface area contributed by atoms with Gasteiger partial charge in [0.2, 0.25) is 0 Å². The van der Waals surface area contributed by atoms with Gasteiger partial charge in [0.25, 0.3) is 5.91 Å². The van der Waals surface area contributed by atoms with Crippen LogP contribution in [-0.4, -0.2) is 45.5 Å². The molecule has 9 rings (SSSR count). The van der Waals surface area contributed by atoms with Crippen LogP contribution >= 0.6 is 24.0 Å². The number of aliphatic carboxylic acids is 1. The summed E-state index contributed by atoms with van der Waals surface area (Å²) >= 11 is 6.37. The van der Waals surface area contributed by atoms with Gasteiger partial charge in [-0.05, 0) is 117 Å². The lowest BCUT2D eigenvalue weighted by Gasteiger charge is -2.29. The van der Waals surface area contributed by atoms with Crippen LogP contribution in [0.1, 0.15) is 74.4 Å². The third-order valence-electron chi connectivity index (χ3n) is 12.2. The Morgan fingerprint density at radius 3 is 1.72 bits per heavy atom. The number of nitrogens with zero attached hydrogens (tertiary/aromatic N) is 4. The molecule has 0 spiro atoms. The van der Waals surface area contributed by atoms with Crippen LogP contribution in [0.15, 0.2) is 143 Å². The molecule has 0 radical (unpaired) electrons. The van der Waals surface area contributed by atoms with E-state index in [0.717, 1.165) is 57.0 Å². The van der Waals surface area contributed by atoms with Crippen LogP contribution in [-0.2, 0) is 20.4 Å². The Labute approximate surface area is 367 Å². The fourth-order valence-electron chi connectivity index (χ4n) is 9.09. The molecule has 1 N–H and O–H groups in total. The lowest BCUT2D eigenvalue weighted by Crippen LogP contribution is -2.33. The molecule has 61 heavy (non-hydrogen) atoms. The number of amides is 1. The number of carbonyl (C=O) groups is 2. The fraction of sp³-hybridized carbons (Fsp3) is 0.192. The van der Waals surface area contributed by atoms with Crippen LogP contribution in [0.4, 0.5) is 22.7 Å². The van der Waals surface area contributed by atoms with E-state index in [2.05, 4.69) is 149 Å². The SMILES string of the molecule is CCCN(N=Cc1ccc(N(c2ccc3c(c2)C(C)(C)c2ccccc2-3)c2ccc3c(c2)C(C)(C)c2ccccc2-3)cc1)c1ccc(C=C2SC(=S)N(CC(=O)O)C2=O)cc1. The number of rotatable bonds is 11. The van der Waals surface area contributed by atoms with Gasteiger partial charge in [-0.15, -0.1) is 0 Å². The van der Waals surface area contributed by atoms with E-state index in [0.29, 0.717) is 11.4 Å². The van der Waals surface area contributed by atoms with Crippen LogP contribution in [0.2, 0.25) is 0 Å². The molecule has 2 aliphatic carbocycles. The maximum Gasteiger partial charge on any atom is 0.323 e. The highest BCUT2D eigenvalue weighted by atomic mass is 32.2. The van der Waals surface area contributed by atoms with Crippen molar-refractivity contribution in [2.75, 3.05) is 23.0 Å². The van der Waals surface area contributed by atoms with Crippen molar-refractivity contribution in [2.45, 2.75) is 51.9 Å². The van der Waals surface area contributed by atoms with E-state index in [1.807, 2.05) is 35.5 Å². The molecule has 0 bridgehead atoms. The number of benzene rings is 6. The number of carbonyl (C=O) groups excluding carboxylic acids is 1. The minimum Gasteiger partial charge on any atom is -0.480 e. The smallest absolute Gasteiger partial charge is 0.323 e. The Morgan fingerprint density at radius 2 is 1.18 bits per heavy atom. The van der Waals surface area contributed by atoms with Crippen molar-refractivity contribution in [3.63, 3.8) is 0 Å². The third-order valence-corrected chi connectivity index (χ3v) is 13.6. The van der Waals surface area contributed by atoms with Crippen molar-refractivity contribution in [3.8, 4) is 22.3 Å². The third kappa shape index (κ3) is 7.15. The van der Waals surface area contributed by atoms with Crippen LogP contribution in [0.5, 0.6) is 0 Å². The maximum absolute atomic E-state index is 12.8. The van der Waals surface area contributed by atoms with Crippen molar-refractivity contribution in [3.05, 3.63) is 172 Å². The highest BCUT2D eigenvalue weighted by molar-refractivity contribution is 8.26. The molecule has 1 amide bonds. The number of anilines is 4. The predicted octanol–water partition coefficient (Wildman–Crippen LogP) is 12.3. The van der Waals surface area contributed by atoms with Crippen molar-refractivity contribution < 1.29 is 14.7 Å². The lowest BCUT2D eigenvalue weighted by molar-refractivity contribution is -0.140. The molecule has 1 fully saturated rings. The molecule has 0 unspecified atom stereocenters. The first-order valence-electron chi connectivity index (χ1n) is 20.6. The molecule has 3 aliphatic rings. The summed E-state index contributed by atoms with van der Waals surface area (Å²) in [5.41, 5.74) is 16.3. The Bertz CT molecular complexity index is 2700. The summed E-state index contributed by atoms with van der Waals surface area (Å²) in [7, 11) is 0. The monoisotopic (exact) mass is 838 g/mol. The van der Waals surface area contributed by atoms with Crippen LogP contribution in [0.3, 0.4) is 0 Å². The van der Waals surface area contributed by atoms with Gasteiger partial charge in [0, 0.05) is 34.4 Å². The predicted molar refractivity (Wildman–Crippen MR) is 255 cm³/mol. The molecule has 304 valence electrons. The zero-order valence-corrected chi connectivity index (χ0v) is 36.5. The first kappa shape index (κ1) is 40.1. The first-order chi connectivity index (χ1) is 29.3. The van der Waals surface area contributed by atoms with Gasteiger partial charge in [-0.1, -0.05) is 144 Å². The van der Waals surface area contributed by atoms with E-state index in [1.54, 1.807) is 6.08 Å². The van der Waals surface area contributed by atoms with Crippen LogP contribution < -0.4 is 9.91 Å². The molecule has 1 saturated heterocycles. The van der Waals surface area contributed by atoms with Crippen molar-refractivity contribution >= 4 is 75.2 Å². The van der Waals surface area contributed by atoms with E-state index < -0.39 is 18.4 Å². The molecule has 1 heterocycles. The molecule has 0 aromatic heterocycles. The topological polar surface area (TPSA) is 76.4 Å². The molecule has 6 aromatic rings. The standard InChI is InChI=1S/C52H46N4O3S2/c1-6-27-55(35-19-15-33(16-20-35)28-47-49(59)54(32-48(57)58)50(60)61-47)53-31-34-17-21-36(22-18-34)56(37-23-25-41-39-11-7-9-13-43(39)51(2,3)45(41)29-37)38-24-26-42-40-12-8-10-14-44(40)52(4,5)46(42)30-38/h7-26,28-31H,6,27,32H2,1-5H3,(H,57,58). The minimum atomic E-state index is -1.10. The molecular formula is C52H46N4O3S2. The number of hydrogen-bond acceptors (Lipinski definition) is 7. The van der Waals surface area contributed by atoms with E-state index >= 15 is 0 Å². The number of thioether (sulfide) groups is 1. The second-order valence-corrected chi connectivity index (χ2v) is 18.5. The summed E-state index contributed by atoms with van der Waals surface area (Å²) in [5, 5.41) is 16.1. The number of fused-ring (bicyclic) bond motifs is 6. The number of thiocarbonyl (C=S) groups is 1. The minimum absolute atomic E-state index is 0.134. The van der Waals surface area contributed by atoms with Gasteiger partial charge >= 0.3 is 5.97 Å². The summed E-state index contributed by atoms with van der Waals surface area (Å²) < 4.78 is 0.247. The Kier molecular flexibility index (Phi) is 10.3. The molecule has 0 saturated carbocycles. The van der Waals surface area contributed by atoms with Gasteiger partial charge in [0.05, 0.1) is 16.8 Å². The van der Waals surface area contributed by atoms with E-state index in [-0.39, 0.29) is 15.2 Å². The maximum atomic E-state index is 12.8. The number of hydrogen-bond donors (Lipinski definition) is 1. The number of carboxylic acid groups (broad SMARTS) is 1. The summed E-state index contributed by atoms with van der Waals surface area (Å²) in [4.78, 5) is 27.9. The highest BCUT2D eigenvalue weighted by Crippen LogP contribution is 2.53. The largest absolute Gasteiger partial charge is 0.480 e. The van der Waals surface area contributed by atoms with Gasteiger partial charge in [-0.2, -0.15) is 5.10 Å². The molecule has 9 heteroatoms. The normalized spacial score (nSPS) is 16.1. The molecule has 0 atom stereocenters. The average molecular weight is 839 g/mol. The van der Waals surface area contributed by atoms with Gasteiger partial charge < -0.3 is 10.0 Å². The molecule has 6 aromatic carbocycles. The summed E-state index contributed by atoms with van der Waals surface area (Å²) in [6, 6.07) is 47.9. The van der Waals surface area contributed by atoms with Crippen molar-refractivity contribution in [1.82, 2.24) is 4.90 Å². The summed E-state index contributed by atoms with van der Waals surface area (Å²) in [6.45, 7) is 11.7.